The van der Waals surface area contributed by atoms with Crippen LogP contribution < -0.4 is 4.90 Å². The van der Waals surface area contributed by atoms with Gasteiger partial charge in [-0.2, -0.15) is 5.10 Å². The lowest BCUT2D eigenvalue weighted by molar-refractivity contribution is -0.117. The fourth-order valence-corrected chi connectivity index (χ4v) is 4.59. The Morgan fingerprint density at radius 3 is 2.68 bits per heavy atom. The van der Waals surface area contributed by atoms with Crippen LogP contribution in [-0.2, 0) is 9.53 Å². The summed E-state index contributed by atoms with van der Waals surface area (Å²) < 4.78 is 13.8. The van der Waals surface area contributed by atoms with Gasteiger partial charge in [-0.05, 0) is 37.1 Å². The fraction of sp³-hybridized carbons (Fsp3) is 0.367. The summed E-state index contributed by atoms with van der Waals surface area (Å²) in [6.07, 6.45) is 5.36. The number of allylic oxidation sites excluding steroid dienone is 2. The van der Waals surface area contributed by atoms with Crippen LogP contribution in [0, 0.1) is 12.8 Å². The highest BCUT2D eigenvalue weighted by Gasteiger charge is 2.22. The van der Waals surface area contributed by atoms with Crippen LogP contribution in [-0.4, -0.2) is 46.9 Å². The predicted molar refractivity (Wildman–Crippen MR) is 147 cm³/mol. The minimum absolute atomic E-state index is 0.0627. The minimum Gasteiger partial charge on any atom is -0.453 e. The standard InChI is InChI=1S/C30H34N4O3/c1-5-7-23(17-27(35)20(2)3)28-18-25-30(37-28)26(33-12-14-36-15-13-33)19-29(31-25)34-11-10-24(32-34)22-9-6-8-21(4)16-22/h6,8-11,16-20H,5,7,12-15H2,1-4H3/b23-17+. The number of ether oxygens (including phenoxy) is 1. The fourth-order valence-electron chi connectivity index (χ4n) is 4.59. The van der Waals surface area contributed by atoms with Gasteiger partial charge in [0.2, 0.25) is 0 Å². The quantitative estimate of drug-likeness (QED) is 0.268. The molecule has 192 valence electrons. The van der Waals surface area contributed by atoms with Gasteiger partial charge in [-0.1, -0.05) is 51.0 Å². The molecular weight excluding hydrogens is 464 g/mol. The average Bonchev–Trinajstić information content (AvgIpc) is 3.56. The van der Waals surface area contributed by atoms with Gasteiger partial charge in [0.25, 0.3) is 0 Å². The van der Waals surface area contributed by atoms with Crippen LogP contribution in [0.4, 0.5) is 5.69 Å². The first-order chi connectivity index (χ1) is 17.9. The Hall–Kier alpha value is -3.71. The highest BCUT2D eigenvalue weighted by Crippen LogP contribution is 2.35. The molecule has 0 saturated carbocycles. The Labute approximate surface area is 217 Å². The molecule has 7 heteroatoms. The highest BCUT2D eigenvalue weighted by atomic mass is 16.5. The van der Waals surface area contributed by atoms with Crippen LogP contribution in [0.25, 0.3) is 33.7 Å². The Morgan fingerprint density at radius 2 is 1.95 bits per heavy atom. The van der Waals surface area contributed by atoms with Gasteiger partial charge in [-0.15, -0.1) is 0 Å². The van der Waals surface area contributed by atoms with Gasteiger partial charge < -0.3 is 14.1 Å². The van der Waals surface area contributed by atoms with E-state index in [9.17, 15) is 4.79 Å². The van der Waals surface area contributed by atoms with E-state index in [2.05, 4.69) is 36.9 Å². The Balaban J connectivity index is 1.61. The monoisotopic (exact) mass is 498 g/mol. The molecule has 0 bridgehead atoms. The van der Waals surface area contributed by atoms with Crippen LogP contribution in [0.5, 0.6) is 0 Å². The van der Waals surface area contributed by atoms with E-state index >= 15 is 0 Å². The summed E-state index contributed by atoms with van der Waals surface area (Å²) in [6.45, 7) is 10.9. The Kier molecular flexibility index (Phi) is 7.24. The number of pyridine rings is 1. The molecule has 1 aliphatic rings. The molecule has 1 saturated heterocycles. The summed E-state index contributed by atoms with van der Waals surface area (Å²) in [6, 6.07) is 14.3. The average molecular weight is 499 g/mol. The second-order valence-electron chi connectivity index (χ2n) is 9.92. The number of ketones is 1. The van der Waals surface area contributed by atoms with Gasteiger partial charge in [0.1, 0.15) is 11.3 Å². The number of aryl methyl sites for hydroxylation is 1. The molecule has 0 N–H and O–H groups in total. The number of aromatic nitrogens is 3. The van der Waals surface area contributed by atoms with E-state index in [1.165, 1.54) is 5.56 Å². The lowest BCUT2D eigenvalue weighted by Gasteiger charge is -2.29. The van der Waals surface area contributed by atoms with Gasteiger partial charge in [0.05, 0.1) is 24.6 Å². The first-order valence-electron chi connectivity index (χ1n) is 13.1. The molecule has 0 atom stereocenters. The molecular formula is C30H34N4O3. The summed E-state index contributed by atoms with van der Waals surface area (Å²) in [4.78, 5) is 19.8. The van der Waals surface area contributed by atoms with E-state index in [4.69, 9.17) is 19.2 Å². The van der Waals surface area contributed by atoms with Crippen molar-refractivity contribution in [2.75, 3.05) is 31.2 Å². The Morgan fingerprint density at radius 1 is 1.14 bits per heavy atom. The molecule has 4 aromatic rings. The van der Waals surface area contributed by atoms with Crippen LogP contribution in [0.1, 0.15) is 44.9 Å². The number of carbonyl (C=O) groups is 1. The van der Waals surface area contributed by atoms with Crippen LogP contribution >= 0.6 is 0 Å². The smallest absolute Gasteiger partial charge is 0.176 e. The number of fused-ring (bicyclic) bond motifs is 1. The highest BCUT2D eigenvalue weighted by molar-refractivity contribution is 5.99. The van der Waals surface area contributed by atoms with E-state index in [-0.39, 0.29) is 11.7 Å². The van der Waals surface area contributed by atoms with Crippen molar-refractivity contribution in [3.8, 4) is 17.1 Å². The zero-order valence-electron chi connectivity index (χ0n) is 22.0. The van der Waals surface area contributed by atoms with Gasteiger partial charge >= 0.3 is 0 Å². The summed E-state index contributed by atoms with van der Waals surface area (Å²) in [7, 11) is 0. The van der Waals surface area contributed by atoms with Crippen molar-refractivity contribution in [3.05, 3.63) is 66.1 Å². The first kappa shape index (κ1) is 25.0. The second-order valence-corrected chi connectivity index (χ2v) is 9.92. The molecule has 0 aliphatic carbocycles. The number of furan rings is 1. The maximum Gasteiger partial charge on any atom is 0.176 e. The number of rotatable bonds is 8. The number of nitrogens with zero attached hydrogens (tertiary/aromatic N) is 4. The van der Waals surface area contributed by atoms with E-state index < -0.39 is 0 Å². The number of benzene rings is 1. The number of hydrogen-bond acceptors (Lipinski definition) is 6. The molecule has 4 heterocycles. The van der Waals surface area contributed by atoms with E-state index in [0.29, 0.717) is 19.0 Å². The summed E-state index contributed by atoms with van der Waals surface area (Å²) in [5.74, 6) is 1.46. The van der Waals surface area contributed by atoms with Gasteiger partial charge in [-0.25, -0.2) is 9.67 Å². The zero-order chi connectivity index (χ0) is 25.9. The maximum atomic E-state index is 12.5. The molecule has 37 heavy (non-hydrogen) atoms. The van der Waals surface area contributed by atoms with E-state index in [1.807, 2.05) is 49.0 Å². The first-order valence-corrected chi connectivity index (χ1v) is 13.1. The van der Waals surface area contributed by atoms with Gasteiger partial charge in [0, 0.05) is 42.9 Å². The molecule has 0 spiro atoms. The van der Waals surface area contributed by atoms with E-state index in [0.717, 1.165) is 65.4 Å². The van der Waals surface area contributed by atoms with Crippen molar-refractivity contribution in [2.45, 2.75) is 40.5 Å². The van der Waals surface area contributed by atoms with Crippen LogP contribution in [0.15, 0.2) is 59.2 Å². The lowest BCUT2D eigenvalue weighted by atomic mass is 10.0. The van der Waals surface area contributed by atoms with Crippen molar-refractivity contribution in [2.24, 2.45) is 5.92 Å². The molecule has 1 fully saturated rings. The third-order valence-electron chi connectivity index (χ3n) is 6.66. The van der Waals surface area contributed by atoms with Crippen molar-refractivity contribution in [3.63, 3.8) is 0 Å². The summed E-state index contributed by atoms with van der Waals surface area (Å²) in [5.41, 5.74) is 6.52. The molecule has 7 nitrogen and oxygen atoms in total. The SMILES string of the molecule is CCC/C(=C\C(=O)C(C)C)c1cc2nc(-n3ccc(-c4cccc(C)c4)n3)cc(N3CCOCC3)c2o1. The predicted octanol–water partition coefficient (Wildman–Crippen LogP) is 6.23. The third kappa shape index (κ3) is 5.37. The van der Waals surface area contributed by atoms with Crippen molar-refractivity contribution in [1.82, 2.24) is 14.8 Å². The molecule has 1 aromatic carbocycles. The van der Waals surface area contributed by atoms with E-state index in [1.54, 1.807) is 6.08 Å². The molecule has 0 unspecified atom stereocenters. The second kappa shape index (κ2) is 10.7. The number of carbonyl (C=O) groups excluding carboxylic acids is 1. The zero-order valence-corrected chi connectivity index (χ0v) is 22.0. The summed E-state index contributed by atoms with van der Waals surface area (Å²) >= 11 is 0. The molecule has 3 aromatic heterocycles. The maximum absolute atomic E-state index is 12.5. The molecule has 0 radical (unpaired) electrons. The minimum atomic E-state index is -0.0627. The third-order valence-corrected chi connectivity index (χ3v) is 6.66. The van der Waals surface area contributed by atoms with Gasteiger partial charge in [0.15, 0.2) is 17.2 Å². The summed E-state index contributed by atoms with van der Waals surface area (Å²) in [5, 5.41) is 4.84. The topological polar surface area (TPSA) is 73.4 Å². The normalized spacial score (nSPS) is 14.6. The van der Waals surface area contributed by atoms with Crippen LogP contribution in [0.2, 0.25) is 0 Å². The van der Waals surface area contributed by atoms with Crippen molar-refractivity contribution >= 4 is 28.1 Å². The largest absolute Gasteiger partial charge is 0.453 e. The molecule has 1 aliphatic heterocycles. The van der Waals surface area contributed by atoms with Gasteiger partial charge in [-0.3, -0.25) is 4.79 Å². The molecule has 5 rings (SSSR count). The van der Waals surface area contributed by atoms with Crippen molar-refractivity contribution < 1.29 is 13.9 Å². The molecule has 0 amide bonds. The Bertz CT molecular complexity index is 1440. The number of morpholine rings is 1. The van der Waals surface area contributed by atoms with Crippen LogP contribution in [0.3, 0.4) is 0 Å². The number of anilines is 1. The number of hydrogen-bond donors (Lipinski definition) is 0. The van der Waals surface area contributed by atoms with Crippen molar-refractivity contribution in [1.29, 1.82) is 0 Å². The lowest BCUT2D eigenvalue weighted by Crippen LogP contribution is -2.36.